The SMILES string of the molecule is C[C@]12CC[C@@H]3[C@@H](CCC4=CC(=O)CC[C@]43C)[C@@H]1CC[C@@H]2OC(=O)Cl. The zero-order chi connectivity index (χ0) is 17.1. The van der Waals surface area contributed by atoms with Crippen LogP contribution in [-0.2, 0) is 9.53 Å². The van der Waals surface area contributed by atoms with Crippen LogP contribution in [0, 0.1) is 28.6 Å². The highest BCUT2D eigenvalue weighted by Crippen LogP contribution is 2.65. The summed E-state index contributed by atoms with van der Waals surface area (Å²) in [6.45, 7) is 4.71. The maximum absolute atomic E-state index is 11.9. The number of fused-ring (bicyclic) bond motifs is 5. The lowest BCUT2D eigenvalue weighted by Crippen LogP contribution is -2.51. The van der Waals surface area contributed by atoms with Crippen LogP contribution in [0.3, 0.4) is 0 Å². The third-order valence-electron chi connectivity index (χ3n) is 8.11. The summed E-state index contributed by atoms with van der Waals surface area (Å²) < 4.78 is 5.48. The summed E-state index contributed by atoms with van der Waals surface area (Å²) in [4.78, 5) is 23.1. The molecule has 0 radical (unpaired) electrons. The fraction of sp³-hybridized carbons (Fsp3) is 0.800. The van der Waals surface area contributed by atoms with Crippen molar-refractivity contribution in [1.29, 1.82) is 0 Å². The fourth-order valence-electron chi connectivity index (χ4n) is 6.82. The van der Waals surface area contributed by atoms with Crippen LogP contribution in [0.25, 0.3) is 0 Å². The Hall–Kier alpha value is -0.830. The molecule has 4 aliphatic carbocycles. The average Bonchev–Trinajstić information content (AvgIpc) is 2.84. The average molecular weight is 351 g/mol. The first-order valence-electron chi connectivity index (χ1n) is 9.44. The van der Waals surface area contributed by atoms with Crippen LogP contribution in [0.15, 0.2) is 11.6 Å². The number of carbonyl (C=O) groups is 2. The highest BCUT2D eigenvalue weighted by Gasteiger charge is 2.59. The topological polar surface area (TPSA) is 43.4 Å². The van der Waals surface area contributed by atoms with Crippen LogP contribution in [0.1, 0.15) is 65.2 Å². The fourth-order valence-corrected chi connectivity index (χ4v) is 6.92. The van der Waals surface area contributed by atoms with Crippen molar-refractivity contribution in [3.05, 3.63) is 11.6 Å². The summed E-state index contributed by atoms with van der Waals surface area (Å²) in [7, 11) is 0. The molecule has 0 amide bonds. The van der Waals surface area contributed by atoms with E-state index in [-0.39, 0.29) is 16.9 Å². The van der Waals surface area contributed by atoms with E-state index in [0.29, 0.717) is 30.0 Å². The molecular formula is C20H27ClO3. The number of allylic oxidation sites excluding steroid dienone is 1. The molecule has 0 saturated heterocycles. The van der Waals surface area contributed by atoms with Crippen molar-refractivity contribution in [2.24, 2.45) is 28.6 Å². The first-order valence-corrected chi connectivity index (χ1v) is 9.82. The van der Waals surface area contributed by atoms with E-state index in [1.54, 1.807) is 0 Å². The van der Waals surface area contributed by atoms with E-state index in [1.807, 2.05) is 6.08 Å². The molecule has 0 spiro atoms. The second-order valence-electron chi connectivity index (χ2n) is 8.93. The van der Waals surface area contributed by atoms with Gasteiger partial charge in [0.05, 0.1) is 0 Å². The Bertz CT molecular complexity index is 612. The molecule has 3 fully saturated rings. The molecular weight excluding hydrogens is 324 g/mol. The quantitative estimate of drug-likeness (QED) is 0.605. The van der Waals surface area contributed by atoms with Gasteiger partial charge in [-0.25, -0.2) is 4.79 Å². The number of hydrogen-bond donors (Lipinski definition) is 0. The molecule has 4 heteroatoms. The van der Waals surface area contributed by atoms with E-state index >= 15 is 0 Å². The molecule has 0 aliphatic heterocycles. The Morgan fingerprint density at radius 2 is 1.92 bits per heavy atom. The maximum atomic E-state index is 11.9. The van der Waals surface area contributed by atoms with E-state index < -0.39 is 5.43 Å². The third-order valence-corrected chi connectivity index (χ3v) is 8.20. The third kappa shape index (κ3) is 2.30. The van der Waals surface area contributed by atoms with Gasteiger partial charge in [-0.1, -0.05) is 19.4 Å². The van der Waals surface area contributed by atoms with E-state index in [2.05, 4.69) is 13.8 Å². The van der Waals surface area contributed by atoms with E-state index in [0.717, 1.165) is 32.1 Å². The molecule has 0 bridgehead atoms. The number of hydrogen-bond acceptors (Lipinski definition) is 3. The molecule has 0 heterocycles. The van der Waals surface area contributed by atoms with Gasteiger partial charge in [0, 0.05) is 23.4 Å². The van der Waals surface area contributed by atoms with Gasteiger partial charge in [0.25, 0.3) is 0 Å². The molecule has 3 saturated carbocycles. The molecule has 4 rings (SSSR count). The van der Waals surface area contributed by atoms with Crippen LogP contribution >= 0.6 is 11.6 Å². The van der Waals surface area contributed by atoms with Crippen LogP contribution in [0.5, 0.6) is 0 Å². The van der Waals surface area contributed by atoms with Crippen LogP contribution in [0.4, 0.5) is 4.79 Å². The van der Waals surface area contributed by atoms with Gasteiger partial charge in [-0.3, -0.25) is 4.79 Å². The minimum absolute atomic E-state index is 0.0221. The highest BCUT2D eigenvalue weighted by molar-refractivity contribution is 6.61. The van der Waals surface area contributed by atoms with Gasteiger partial charge in [0.15, 0.2) is 5.78 Å². The number of halogens is 1. The van der Waals surface area contributed by atoms with E-state index in [9.17, 15) is 9.59 Å². The van der Waals surface area contributed by atoms with Crippen molar-refractivity contribution in [1.82, 2.24) is 0 Å². The van der Waals surface area contributed by atoms with E-state index in [1.165, 1.54) is 18.4 Å². The summed E-state index contributed by atoms with van der Waals surface area (Å²) in [5.41, 5.74) is 1.04. The number of carbonyl (C=O) groups excluding carboxylic acids is 2. The molecule has 6 atom stereocenters. The first-order chi connectivity index (χ1) is 11.3. The largest absolute Gasteiger partial charge is 0.450 e. The molecule has 3 nitrogen and oxygen atoms in total. The maximum Gasteiger partial charge on any atom is 0.404 e. The summed E-state index contributed by atoms with van der Waals surface area (Å²) in [6.07, 6.45) is 10.3. The Morgan fingerprint density at radius 3 is 2.67 bits per heavy atom. The molecule has 24 heavy (non-hydrogen) atoms. The van der Waals surface area contributed by atoms with Crippen molar-refractivity contribution >= 4 is 22.8 Å². The second kappa shape index (κ2) is 5.59. The predicted molar refractivity (Wildman–Crippen MR) is 92.8 cm³/mol. The minimum Gasteiger partial charge on any atom is -0.450 e. The Morgan fingerprint density at radius 1 is 1.12 bits per heavy atom. The Balaban J connectivity index is 1.62. The lowest BCUT2D eigenvalue weighted by Gasteiger charge is -2.57. The monoisotopic (exact) mass is 350 g/mol. The molecule has 0 aromatic carbocycles. The summed E-state index contributed by atoms with van der Waals surface area (Å²) in [5.74, 6) is 2.30. The van der Waals surface area contributed by atoms with Crippen LogP contribution in [-0.4, -0.2) is 17.3 Å². The molecule has 0 unspecified atom stereocenters. The summed E-state index contributed by atoms with van der Waals surface area (Å²) in [5, 5.41) is 0. The molecule has 0 N–H and O–H groups in total. The van der Waals surface area contributed by atoms with Gasteiger partial charge in [-0.2, -0.15) is 0 Å². The van der Waals surface area contributed by atoms with Crippen molar-refractivity contribution in [2.45, 2.75) is 71.3 Å². The Labute approximate surface area is 149 Å². The van der Waals surface area contributed by atoms with Gasteiger partial charge < -0.3 is 4.74 Å². The smallest absolute Gasteiger partial charge is 0.404 e. The zero-order valence-corrected chi connectivity index (χ0v) is 15.4. The van der Waals surface area contributed by atoms with Crippen molar-refractivity contribution in [3.8, 4) is 0 Å². The number of ether oxygens (including phenoxy) is 1. The molecule has 132 valence electrons. The normalized spacial score (nSPS) is 47.3. The van der Waals surface area contributed by atoms with Crippen molar-refractivity contribution < 1.29 is 14.3 Å². The Kier molecular flexibility index (Phi) is 3.87. The van der Waals surface area contributed by atoms with Crippen LogP contribution in [0.2, 0.25) is 0 Å². The number of ketones is 1. The van der Waals surface area contributed by atoms with Crippen molar-refractivity contribution in [3.63, 3.8) is 0 Å². The van der Waals surface area contributed by atoms with Gasteiger partial charge >= 0.3 is 5.43 Å². The summed E-state index contributed by atoms with van der Waals surface area (Å²) in [6, 6.07) is 0. The van der Waals surface area contributed by atoms with E-state index in [4.69, 9.17) is 16.3 Å². The van der Waals surface area contributed by atoms with Gasteiger partial charge in [0.2, 0.25) is 0 Å². The second-order valence-corrected chi connectivity index (χ2v) is 9.24. The lowest BCUT2D eigenvalue weighted by molar-refractivity contribution is -0.117. The predicted octanol–water partition coefficient (Wildman–Crippen LogP) is 5.26. The lowest BCUT2D eigenvalue weighted by atomic mass is 9.47. The van der Waals surface area contributed by atoms with Gasteiger partial charge in [-0.05, 0) is 74.2 Å². The van der Waals surface area contributed by atoms with Crippen molar-refractivity contribution in [2.75, 3.05) is 0 Å². The van der Waals surface area contributed by atoms with Gasteiger partial charge in [0.1, 0.15) is 6.10 Å². The summed E-state index contributed by atoms with van der Waals surface area (Å²) >= 11 is 5.51. The number of rotatable bonds is 1. The minimum atomic E-state index is -0.657. The molecule has 0 aromatic heterocycles. The van der Waals surface area contributed by atoms with Crippen LogP contribution < -0.4 is 0 Å². The molecule has 0 aromatic rings. The standard InChI is InChI=1S/C20H27ClO3/c1-19-9-7-13(22)11-12(19)3-4-14-15-5-6-17(24-18(21)23)20(15,2)10-8-16(14)19/h11,14-17H,3-10H2,1-2H3/t14-,15-,16+,17-,19+,20-/m0/s1. The zero-order valence-electron chi connectivity index (χ0n) is 14.6. The highest BCUT2D eigenvalue weighted by atomic mass is 35.5. The van der Waals surface area contributed by atoms with Gasteiger partial charge in [-0.15, -0.1) is 0 Å². The molecule has 4 aliphatic rings. The first kappa shape index (κ1) is 16.6.